The molecule has 7 heteroatoms. The minimum Gasteiger partial charge on any atom is -0.350 e. The van der Waals surface area contributed by atoms with Crippen LogP contribution in [0.4, 0.5) is 0 Å². The molecule has 1 heterocycles. The van der Waals surface area contributed by atoms with E-state index in [9.17, 15) is 14.9 Å². The highest BCUT2D eigenvalue weighted by atomic mass is 16.2. The molecule has 1 saturated heterocycles. The van der Waals surface area contributed by atoms with Gasteiger partial charge in [-0.3, -0.25) is 9.59 Å². The summed E-state index contributed by atoms with van der Waals surface area (Å²) in [4.78, 5) is 27.3. The zero-order valence-corrected chi connectivity index (χ0v) is 17.5. The minimum atomic E-state index is -0.711. The van der Waals surface area contributed by atoms with Crippen molar-refractivity contribution in [3.05, 3.63) is 71.3 Å². The lowest BCUT2D eigenvalue weighted by atomic mass is 10.0. The molecule has 5 N–H and O–H groups in total. The summed E-state index contributed by atoms with van der Waals surface area (Å²) in [5.74, 6) is -0.907. The van der Waals surface area contributed by atoms with Crippen LogP contribution in [0.1, 0.15) is 31.0 Å². The zero-order chi connectivity index (χ0) is 22.2. The molecule has 0 aromatic heterocycles. The van der Waals surface area contributed by atoms with Gasteiger partial charge in [-0.15, -0.1) is 0 Å². The molecular weight excluding hydrogens is 390 g/mol. The highest BCUT2D eigenvalue weighted by Crippen LogP contribution is 2.24. The van der Waals surface area contributed by atoms with Gasteiger partial charge in [-0.05, 0) is 36.0 Å². The highest BCUT2D eigenvalue weighted by molar-refractivity contribution is 5.90. The number of amides is 2. The summed E-state index contributed by atoms with van der Waals surface area (Å²) in [6.07, 6.45) is 1.49. The Hall–Kier alpha value is -3.21. The maximum atomic E-state index is 13.0. The van der Waals surface area contributed by atoms with E-state index in [0.717, 1.165) is 16.7 Å². The first-order valence-corrected chi connectivity index (χ1v) is 10.6. The van der Waals surface area contributed by atoms with E-state index in [4.69, 9.17) is 11.5 Å². The molecule has 0 saturated carbocycles. The number of nitriles is 1. The number of aryl methyl sites for hydroxylation is 1. The van der Waals surface area contributed by atoms with Gasteiger partial charge in [0.1, 0.15) is 6.04 Å². The van der Waals surface area contributed by atoms with Gasteiger partial charge in [-0.1, -0.05) is 54.6 Å². The Bertz CT molecular complexity index is 930. The molecule has 2 aromatic rings. The van der Waals surface area contributed by atoms with Crippen molar-refractivity contribution in [2.45, 2.75) is 44.4 Å². The SMILES string of the molecule is N#C[C@@H]1C[C@@H](C(=O)NCc2ccc(CN)cc2)N(C(=O)[C@H](N)CCc2ccccc2)C1.[HH]. The summed E-state index contributed by atoms with van der Waals surface area (Å²) in [6.45, 7) is 1.04. The standard InChI is InChI=1S/C24H29N5O2.H2/c25-13-18-6-8-19(9-7-18)15-28-23(30)22-12-20(14-26)16-29(22)24(31)21(27)11-10-17-4-2-1-3-5-17;/h1-9,20-22H,10-13,15-16,25,27H2,(H,28,30);1H/t20-,21+,22-;/m0./s1. The van der Waals surface area contributed by atoms with E-state index < -0.39 is 12.1 Å². The van der Waals surface area contributed by atoms with E-state index in [-0.39, 0.29) is 25.7 Å². The molecule has 1 aliphatic rings. The summed E-state index contributed by atoms with van der Waals surface area (Å²) in [5, 5.41) is 12.2. The third-order valence-corrected chi connectivity index (χ3v) is 5.70. The second-order valence-electron chi connectivity index (χ2n) is 7.94. The fraction of sp³-hybridized carbons (Fsp3) is 0.375. The Morgan fingerprint density at radius 2 is 1.81 bits per heavy atom. The molecule has 3 rings (SSSR count). The maximum absolute atomic E-state index is 13.0. The van der Waals surface area contributed by atoms with Gasteiger partial charge in [0.2, 0.25) is 11.8 Å². The van der Waals surface area contributed by atoms with Crippen LogP contribution in [0.5, 0.6) is 0 Å². The molecule has 164 valence electrons. The Morgan fingerprint density at radius 1 is 1.13 bits per heavy atom. The summed E-state index contributed by atoms with van der Waals surface area (Å²) in [5.41, 5.74) is 14.8. The van der Waals surface area contributed by atoms with Crippen LogP contribution in [0.3, 0.4) is 0 Å². The van der Waals surface area contributed by atoms with Crippen molar-refractivity contribution in [3.63, 3.8) is 0 Å². The second kappa shape index (κ2) is 10.7. The molecule has 1 aliphatic heterocycles. The van der Waals surface area contributed by atoms with E-state index in [1.54, 1.807) is 0 Å². The average Bonchev–Trinajstić information content (AvgIpc) is 3.26. The number of nitrogens with two attached hydrogens (primary N) is 2. The monoisotopic (exact) mass is 421 g/mol. The second-order valence-corrected chi connectivity index (χ2v) is 7.94. The van der Waals surface area contributed by atoms with E-state index in [0.29, 0.717) is 32.4 Å². The molecule has 7 nitrogen and oxygen atoms in total. The molecule has 1 fully saturated rings. The van der Waals surface area contributed by atoms with Gasteiger partial charge in [0, 0.05) is 21.1 Å². The lowest BCUT2D eigenvalue weighted by molar-refractivity contribution is -0.139. The zero-order valence-electron chi connectivity index (χ0n) is 17.5. The molecule has 2 amide bonds. The third kappa shape index (κ3) is 5.91. The van der Waals surface area contributed by atoms with Crippen LogP contribution >= 0.6 is 0 Å². The summed E-state index contributed by atoms with van der Waals surface area (Å²) < 4.78 is 0. The van der Waals surface area contributed by atoms with Crippen LogP contribution in [0.2, 0.25) is 0 Å². The number of carbonyl (C=O) groups excluding carboxylic acids is 2. The smallest absolute Gasteiger partial charge is 0.243 e. The molecule has 3 atom stereocenters. The number of nitrogens with one attached hydrogen (secondary N) is 1. The maximum Gasteiger partial charge on any atom is 0.243 e. The summed E-state index contributed by atoms with van der Waals surface area (Å²) >= 11 is 0. The van der Waals surface area contributed by atoms with Gasteiger partial charge >= 0.3 is 0 Å². The quantitative estimate of drug-likeness (QED) is 0.598. The number of likely N-dealkylation sites (tertiary alicyclic amines) is 1. The van der Waals surface area contributed by atoms with E-state index in [1.165, 1.54) is 4.90 Å². The topological polar surface area (TPSA) is 125 Å². The highest BCUT2D eigenvalue weighted by Gasteiger charge is 2.40. The first kappa shape index (κ1) is 22.5. The predicted octanol–water partition coefficient (Wildman–Crippen LogP) is 1.71. The van der Waals surface area contributed by atoms with Gasteiger partial charge in [0.05, 0.1) is 18.0 Å². The molecule has 2 aromatic carbocycles. The van der Waals surface area contributed by atoms with Crippen molar-refractivity contribution in [2.24, 2.45) is 17.4 Å². The van der Waals surface area contributed by atoms with Crippen LogP contribution in [0.25, 0.3) is 0 Å². The molecule has 0 aliphatic carbocycles. The molecule has 0 spiro atoms. The normalized spacial score (nSPS) is 18.9. The third-order valence-electron chi connectivity index (χ3n) is 5.70. The van der Waals surface area contributed by atoms with Gasteiger partial charge in [0.15, 0.2) is 0 Å². The Kier molecular flexibility index (Phi) is 7.76. The predicted molar refractivity (Wildman–Crippen MR) is 120 cm³/mol. The van der Waals surface area contributed by atoms with E-state index in [1.807, 2.05) is 54.6 Å². The largest absolute Gasteiger partial charge is 0.350 e. The van der Waals surface area contributed by atoms with Crippen molar-refractivity contribution in [3.8, 4) is 6.07 Å². The van der Waals surface area contributed by atoms with Crippen molar-refractivity contribution < 1.29 is 11.0 Å². The van der Waals surface area contributed by atoms with Crippen molar-refractivity contribution in [1.82, 2.24) is 10.2 Å². The van der Waals surface area contributed by atoms with Gasteiger partial charge in [-0.2, -0.15) is 5.26 Å². The Morgan fingerprint density at radius 3 is 2.45 bits per heavy atom. The lowest BCUT2D eigenvalue weighted by Crippen LogP contribution is -2.51. The Labute approximate surface area is 184 Å². The van der Waals surface area contributed by atoms with Gasteiger partial charge < -0.3 is 21.7 Å². The fourth-order valence-corrected chi connectivity index (χ4v) is 3.83. The molecule has 0 unspecified atom stereocenters. The van der Waals surface area contributed by atoms with Crippen molar-refractivity contribution in [1.29, 1.82) is 5.26 Å². The van der Waals surface area contributed by atoms with Crippen LogP contribution in [0.15, 0.2) is 54.6 Å². The van der Waals surface area contributed by atoms with Crippen molar-refractivity contribution >= 4 is 11.8 Å². The van der Waals surface area contributed by atoms with Crippen molar-refractivity contribution in [2.75, 3.05) is 6.54 Å². The number of hydrogen-bond donors (Lipinski definition) is 3. The number of carbonyl (C=O) groups is 2. The minimum absolute atomic E-state index is 0. The van der Waals surface area contributed by atoms with Crippen LogP contribution < -0.4 is 16.8 Å². The van der Waals surface area contributed by atoms with E-state index >= 15 is 0 Å². The number of benzene rings is 2. The average molecular weight is 422 g/mol. The molecular formula is C24H31N5O2. The fourth-order valence-electron chi connectivity index (χ4n) is 3.83. The van der Waals surface area contributed by atoms with Crippen LogP contribution in [-0.4, -0.2) is 35.3 Å². The van der Waals surface area contributed by atoms with Crippen LogP contribution in [0, 0.1) is 17.2 Å². The molecule has 0 bridgehead atoms. The first-order chi connectivity index (χ1) is 15.0. The lowest BCUT2D eigenvalue weighted by Gasteiger charge is -2.26. The van der Waals surface area contributed by atoms with Gasteiger partial charge in [-0.25, -0.2) is 0 Å². The summed E-state index contributed by atoms with van der Waals surface area (Å²) in [7, 11) is 0. The number of hydrogen-bond acceptors (Lipinski definition) is 5. The molecule has 0 radical (unpaired) electrons. The van der Waals surface area contributed by atoms with E-state index in [2.05, 4.69) is 11.4 Å². The Balaban J connectivity index is 0.00000363. The molecule has 31 heavy (non-hydrogen) atoms. The summed E-state index contributed by atoms with van der Waals surface area (Å²) in [6, 6.07) is 18.3. The first-order valence-electron chi connectivity index (χ1n) is 10.6. The number of rotatable bonds is 8. The van der Waals surface area contributed by atoms with Crippen LogP contribution in [-0.2, 0) is 29.1 Å². The van der Waals surface area contributed by atoms with Gasteiger partial charge in [0.25, 0.3) is 0 Å². The number of nitrogens with zero attached hydrogens (tertiary/aromatic N) is 2.